The van der Waals surface area contributed by atoms with E-state index in [1.165, 1.54) is 13.3 Å². The maximum atomic E-state index is 10.6. The zero-order valence-electron chi connectivity index (χ0n) is 25.9. The molecule has 1 heterocycles. The minimum atomic E-state index is -1.02. The van der Waals surface area contributed by atoms with Crippen LogP contribution in [0.5, 0.6) is 5.75 Å². The van der Waals surface area contributed by atoms with Crippen molar-refractivity contribution in [1.82, 2.24) is 5.32 Å². The molecule has 0 spiro atoms. The topological polar surface area (TPSA) is 98.0 Å². The van der Waals surface area contributed by atoms with Gasteiger partial charge in [0.1, 0.15) is 28.6 Å². The molecule has 2 N–H and O–H groups in total. The van der Waals surface area contributed by atoms with Gasteiger partial charge in [0, 0.05) is 22.4 Å². The van der Waals surface area contributed by atoms with Crippen LogP contribution in [0.1, 0.15) is 54.4 Å². The van der Waals surface area contributed by atoms with Crippen LogP contribution in [0.15, 0.2) is 76.9 Å². The Morgan fingerprint density at radius 1 is 1.07 bits per heavy atom. The van der Waals surface area contributed by atoms with E-state index in [9.17, 15) is 9.59 Å². The molecule has 230 valence electrons. The van der Waals surface area contributed by atoms with Crippen LogP contribution in [-0.4, -0.2) is 43.7 Å². The van der Waals surface area contributed by atoms with E-state index in [1.807, 2.05) is 62.4 Å². The van der Waals surface area contributed by atoms with Gasteiger partial charge in [0.2, 0.25) is 0 Å². The summed E-state index contributed by atoms with van der Waals surface area (Å²) in [6.07, 6.45) is 14.4. The highest BCUT2D eigenvalue weighted by Gasteiger charge is 2.06. The monoisotopic (exact) mass is 599 g/mol. The van der Waals surface area contributed by atoms with Gasteiger partial charge in [-0.25, -0.2) is 4.79 Å². The number of hydrogen-bond acceptors (Lipinski definition) is 6. The third kappa shape index (κ3) is 18.4. The van der Waals surface area contributed by atoms with E-state index in [2.05, 4.69) is 32.0 Å². The number of fused-ring (bicyclic) bond motifs is 1. The molecule has 0 fully saturated rings. The molecule has 3 rings (SSSR count). The second kappa shape index (κ2) is 25.9. The maximum Gasteiger partial charge on any atom is 0.341 e. The number of ketones is 1. The van der Waals surface area contributed by atoms with Gasteiger partial charge in [0.15, 0.2) is 6.61 Å². The van der Waals surface area contributed by atoms with Crippen LogP contribution in [-0.2, 0) is 14.3 Å². The average molecular weight is 600 g/mol. The molecule has 7 nitrogen and oxygen atoms in total. The number of carboxylic acid groups (broad SMARTS) is 1. The second-order valence-electron chi connectivity index (χ2n) is 8.06. The summed E-state index contributed by atoms with van der Waals surface area (Å²) < 4.78 is 15.8. The smallest absolute Gasteiger partial charge is 0.341 e. The van der Waals surface area contributed by atoms with E-state index in [4.69, 9.17) is 30.6 Å². The summed E-state index contributed by atoms with van der Waals surface area (Å²) in [6.45, 7) is 13.4. The molecule has 0 unspecified atom stereocenters. The molecule has 2 aromatic carbocycles. The fourth-order valence-electron chi connectivity index (χ4n) is 2.98. The summed E-state index contributed by atoms with van der Waals surface area (Å²) in [5, 5.41) is 13.3. The number of ether oxygens (including phenoxy) is 2. The summed E-state index contributed by atoms with van der Waals surface area (Å²) in [7, 11) is 1.65. The van der Waals surface area contributed by atoms with Gasteiger partial charge in [0.25, 0.3) is 0 Å². The number of Topliss-reactive ketones (excluding diaryl/α,β-unsaturated/α-hetero) is 1. The minimum Gasteiger partial charge on any atom is -0.497 e. The number of benzene rings is 2. The minimum absolute atomic E-state index is 0.0509. The third-order valence-electron chi connectivity index (χ3n) is 4.86. The van der Waals surface area contributed by atoms with E-state index in [-0.39, 0.29) is 12.4 Å². The molecule has 1 aromatic heterocycles. The zero-order valence-corrected chi connectivity index (χ0v) is 26.7. The summed E-state index contributed by atoms with van der Waals surface area (Å²) >= 11 is 5.96. The lowest BCUT2D eigenvalue weighted by Crippen LogP contribution is -2.12. The van der Waals surface area contributed by atoms with Crippen molar-refractivity contribution in [3.8, 4) is 29.9 Å². The van der Waals surface area contributed by atoms with Gasteiger partial charge in [-0.05, 0) is 94.0 Å². The van der Waals surface area contributed by atoms with Crippen LogP contribution < -0.4 is 10.1 Å². The van der Waals surface area contributed by atoms with Crippen LogP contribution in [0.25, 0.3) is 22.3 Å². The molecule has 3 aromatic rings. The summed E-state index contributed by atoms with van der Waals surface area (Å²) in [4.78, 5) is 20.7. The second-order valence-corrected chi connectivity index (χ2v) is 8.49. The average Bonchev–Trinajstić information content (AvgIpc) is 3.43. The van der Waals surface area contributed by atoms with E-state index >= 15 is 0 Å². The lowest BCUT2D eigenvalue weighted by atomic mass is 10.1. The summed E-state index contributed by atoms with van der Waals surface area (Å²) in [5.41, 5.74) is 1.85. The summed E-state index contributed by atoms with van der Waals surface area (Å²) in [6, 6.07) is 15.4. The molecule has 0 bridgehead atoms. The first-order chi connectivity index (χ1) is 20.2. The number of nitrogens with one attached hydrogen (secondary N) is 1. The lowest BCUT2D eigenvalue weighted by molar-refractivity contribution is -0.140. The Morgan fingerprint density at radius 2 is 1.71 bits per heavy atom. The number of carboxylic acids is 1. The predicted molar refractivity (Wildman–Crippen MR) is 175 cm³/mol. The molecular weight excluding hydrogens is 554 g/mol. The number of hydrogen-bond donors (Lipinski definition) is 2. The molecule has 0 atom stereocenters. The van der Waals surface area contributed by atoms with E-state index in [0.29, 0.717) is 17.2 Å². The number of furan rings is 1. The van der Waals surface area contributed by atoms with Gasteiger partial charge in [-0.2, -0.15) is 0 Å². The van der Waals surface area contributed by atoms with E-state index in [0.717, 1.165) is 41.1 Å². The lowest BCUT2D eigenvalue weighted by Gasteiger charge is -2.02. The number of methoxy groups -OCH3 is 1. The van der Waals surface area contributed by atoms with Gasteiger partial charge < -0.3 is 24.3 Å². The Bertz CT molecular complexity index is 1220. The maximum absolute atomic E-state index is 10.6. The highest BCUT2D eigenvalue weighted by Crippen LogP contribution is 2.30. The Morgan fingerprint density at radius 3 is 2.19 bits per heavy atom. The van der Waals surface area contributed by atoms with Gasteiger partial charge in [-0.1, -0.05) is 45.4 Å². The van der Waals surface area contributed by atoms with Gasteiger partial charge in [-0.15, -0.1) is 12.8 Å². The highest BCUT2D eigenvalue weighted by molar-refractivity contribution is 6.31. The number of aliphatic carboxylic acids is 1. The largest absolute Gasteiger partial charge is 0.497 e. The van der Waals surface area contributed by atoms with Gasteiger partial charge in [0.05, 0.1) is 7.11 Å². The molecule has 0 amide bonds. The number of carbonyl (C=O) groups excluding carboxylic acids is 1. The normalized spacial score (nSPS) is 10.0. The first-order valence-electron chi connectivity index (χ1n) is 13.8. The Balaban J connectivity index is 0. The molecule has 42 heavy (non-hydrogen) atoms. The SMILES string of the molecule is C#C.C/C=C(\C=C/CC(C)=O)OCC(=O)O.CC.CCCNCC.COc1ccc(-c2cc3cc(Cl)ccc3o2)cc1. The third-order valence-corrected chi connectivity index (χ3v) is 5.10. The van der Waals surface area contributed by atoms with Crippen molar-refractivity contribution >= 4 is 34.3 Å². The fourth-order valence-corrected chi connectivity index (χ4v) is 3.16. The number of rotatable bonds is 11. The quantitative estimate of drug-likeness (QED) is 0.0985. The number of allylic oxidation sites excluding steroid dienone is 3. The number of terminal acetylenes is 1. The molecule has 0 saturated heterocycles. The molecule has 0 aliphatic carbocycles. The highest BCUT2D eigenvalue weighted by atomic mass is 35.5. The Labute approximate surface area is 256 Å². The van der Waals surface area contributed by atoms with Crippen LogP contribution >= 0.6 is 11.6 Å². The van der Waals surface area contributed by atoms with Gasteiger partial charge in [-0.3, -0.25) is 4.79 Å². The van der Waals surface area contributed by atoms with Crippen LogP contribution in [0.3, 0.4) is 0 Å². The summed E-state index contributed by atoms with van der Waals surface area (Å²) in [5.74, 6) is 1.14. The molecular formula is C34H46ClNO6. The van der Waals surface area contributed by atoms with Crippen molar-refractivity contribution in [2.75, 3.05) is 26.8 Å². The number of carbonyl (C=O) groups is 2. The van der Waals surface area contributed by atoms with Crippen molar-refractivity contribution < 1.29 is 28.6 Å². The van der Waals surface area contributed by atoms with Gasteiger partial charge >= 0.3 is 5.97 Å². The van der Waals surface area contributed by atoms with Crippen molar-refractivity contribution in [2.45, 2.75) is 54.4 Å². The van der Waals surface area contributed by atoms with Crippen molar-refractivity contribution in [3.05, 3.63) is 77.5 Å². The van der Waals surface area contributed by atoms with Crippen molar-refractivity contribution in [3.63, 3.8) is 0 Å². The Kier molecular flexibility index (Phi) is 24.8. The van der Waals surface area contributed by atoms with Crippen molar-refractivity contribution in [1.29, 1.82) is 0 Å². The number of halogens is 1. The molecule has 0 radical (unpaired) electrons. The van der Waals surface area contributed by atoms with E-state index in [1.54, 1.807) is 32.3 Å². The van der Waals surface area contributed by atoms with Crippen LogP contribution in [0.4, 0.5) is 0 Å². The zero-order chi connectivity index (χ0) is 32.3. The van der Waals surface area contributed by atoms with Crippen LogP contribution in [0.2, 0.25) is 5.02 Å². The predicted octanol–water partition coefficient (Wildman–Crippen LogP) is 8.57. The molecule has 0 saturated carbocycles. The fraction of sp³-hybridized carbons (Fsp3) is 0.353. The molecule has 0 aliphatic heterocycles. The standard InChI is InChI=1S/C15H11ClO2.C10H14O4.C5H13N.C2H6.C2H2/c1-17-13-5-2-10(3-6-13)15-9-11-8-12(16)4-7-14(11)18-15;1-3-9(14-7-10(12)13)6-4-5-8(2)11;1-3-5-6-4-2;2*1-2/h2-9H,1H3;3-4,6H,5,7H2,1-2H3,(H,12,13);6H,3-5H2,1-2H3;1-2H3;1-2H/b;6-4-,9-3+;;;. The molecule has 8 heteroatoms. The van der Waals surface area contributed by atoms with E-state index < -0.39 is 5.97 Å². The van der Waals surface area contributed by atoms with Crippen LogP contribution in [0, 0.1) is 12.8 Å². The van der Waals surface area contributed by atoms with Crippen molar-refractivity contribution in [2.24, 2.45) is 0 Å². The first-order valence-corrected chi connectivity index (χ1v) is 14.2. The molecule has 0 aliphatic rings. The Hall–Kier alpha value is -3.99. The first kappa shape index (κ1) is 40.2.